The molecule has 1 saturated carbocycles. The van der Waals surface area contributed by atoms with Gasteiger partial charge in [-0.15, -0.1) is 0 Å². The van der Waals surface area contributed by atoms with E-state index in [1.165, 1.54) is 9.25 Å². The maximum atomic E-state index is 13.4. The molecule has 136 valence electrons. The van der Waals surface area contributed by atoms with Gasteiger partial charge in [0.15, 0.2) is 0 Å². The highest BCUT2D eigenvalue weighted by molar-refractivity contribution is 5.45. The molecule has 1 fully saturated rings. The molecule has 0 radical (unpaired) electrons. The van der Waals surface area contributed by atoms with Crippen LogP contribution in [0.1, 0.15) is 43.0 Å². The normalized spacial score (nSPS) is 25.5. The minimum Gasteiger partial charge on any atom is -0.257 e. The Labute approximate surface area is 155 Å². The molecular formula is C20H19N5O2. The van der Waals surface area contributed by atoms with Crippen molar-refractivity contribution < 1.29 is 0 Å². The van der Waals surface area contributed by atoms with Crippen LogP contribution in [0.15, 0.2) is 64.5 Å². The quantitative estimate of drug-likeness (QED) is 0.724. The lowest BCUT2D eigenvalue weighted by molar-refractivity contribution is 0.267. The topological polar surface area (TPSA) is 85.6 Å². The van der Waals surface area contributed by atoms with Gasteiger partial charge in [-0.25, -0.2) is 23.9 Å². The Hall–Kier alpha value is -3.22. The molecule has 2 aliphatic carbocycles. The fourth-order valence-electron chi connectivity index (χ4n) is 5.14. The Balaban J connectivity index is 1.79. The zero-order chi connectivity index (χ0) is 18.8. The standard InChI is InChI=1S/C20H19N5O2/c1-12(2)20(14-8-9-15(20)17-16(14)21-10-11-22-17)25-19(27)24(18(26)23-25)13-6-4-3-5-7-13/h3-7,10-11,14-15H,1,8-9H2,2H3,(H,23,26)/t14-,15+,20?. The lowest BCUT2D eigenvalue weighted by atomic mass is 9.80. The number of nitrogens with zero attached hydrogens (tertiary/aromatic N) is 4. The van der Waals surface area contributed by atoms with E-state index in [2.05, 4.69) is 21.6 Å². The molecule has 3 atom stereocenters. The van der Waals surface area contributed by atoms with Gasteiger partial charge in [-0.05, 0) is 31.9 Å². The number of aromatic nitrogens is 5. The first-order valence-corrected chi connectivity index (χ1v) is 9.03. The monoisotopic (exact) mass is 361 g/mol. The van der Waals surface area contributed by atoms with Crippen molar-refractivity contribution in [3.63, 3.8) is 0 Å². The molecule has 2 heterocycles. The van der Waals surface area contributed by atoms with Crippen LogP contribution in [0.5, 0.6) is 0 Å². The second kappa shape index (κ2) is 5.39. The molecule has 1 N–H and O–H groups in total. The van der Waals surface area contributed by atoms with Crippen LogP contribution in [0.4, 0.5) is 0 Å². The number of hydrogen-bond donors (Lipinski definition) is 1. The summed E-state index contributed by atoms with van der Waals surface area (Å²) in [5, 5.41) is 2.81. The molecule has 27 heavy (non-hydrogen) atoms. The second-order valence-corrected chi connectivity index (χ2v) is 7.32. The van der Waals surface area contributed by atoms with Crippen molar-refractivity contribution in [2.75, 3.05) is 0 Å². The number of rotatable bonds is 3. The summed E-state index contributed by atoms with van der Waals surface area (Å²) < 4.78 is 2.66. The summed E-state index contributed by atoms with van der Waals surface area (Å²) in [5.41, 5.74) is 1.62. The van der Waals surface area contributed by atoms with Crippen molar-refractivity contribution in [3.8, 4) is 5.69 Å². The number of para-hydroxylation sites is 1. The van der Waals surface area contributed by atoms with Gasteiger partial charge in [0.05, 0.1) is 17.1 Å². The van der Waals surface area contributed by atoms with E-state index in [1.807, 2.05) is 13.0 Å². The van der Waals surface area contributed by atoms with Gasteiger partial charge in [0.2, 0.25) is 0 Å². The zero-order valence-corrected chi connectivity index (χ0v) is 14.9. The molecule has 5 rings (SSSR count). The van der Waals surface area contributed by atoms with E-state index >= 15 is 0 Å². The summed E-state index contributed by atoms with van der Waals surface area (Å²) in [6, 6.07) is 8.94. The Bertz CT molecular complexity index is 1140. The number of hydrogen-bond acceptors (Lipinski definition) is 4. The first-order chi connectivity index (χ1) is 13.1. The fourth-order valence-corrected chi connectivity index (χ4v) is 5.14. The number of benzene rings is 1. The molecule has 3 aromatic rings. The number of fused-ring (bicyclic) bond motifs is 5. The predicted octanol–water partition coefficient (Wildman–Crippen LogP) is 2.06. The minimum atomic E-state index is -0.736. The van der Waals surface area contributed by atoms with Gasteiger partial charge < -0.3 is 0 Å². The Morgan fingerprint density at radius 2 is 1.70 bits per heavy atom. The molecule has 7 nitrogen and oxygen atoms in total. The van der Waals surface area contributed by atoms with Gasteiger partial charge in [-0.1, -0.05) is 30.4 Å². The molecule has 2 aromatic heterocycles. The summed E-state index contributed by atoms with van der Waals surface area (Å²) in [6.07, 6.45) is 5.13. The molecule has 2 aliphatic rings. The van der Waals surface area contributed by atoms with Gasteiger partial charge >= 0.3 is 11.4 Å². The molecule has 7 heteroatoms. The maximum Gasteiger partial charge on any atom is 0.352 e. The van der Waals surface area contributed by atoms with Crippen molar-refractivity contribution >= 4 is 0 Å². The van der Waals surface area contributed by atoms with Gasteiger partial charge in [0.25, 0.3) is 0 Å². The van der Waals surface area contributed by atoms with Crippen LogP contribution < -0.4 is 11.4 Å². The average Bonchev–Trinajstić information content (AvgIpc) is 3.30. The van der Waals surface area contributed by atoms with E-state index < -0.39 is 11.2 Å². The van der Waals surface area contributed by atoms with Crippen LogP contribution in [0.2, 0.25) is 0 Å². The summed E-state index contributed by atoms with van der Waals surface area (Å²) in [5.74, 6) is -0.0488. The van der Waals surface area contributed by atoms with Crippen molar-refractivity contribution in [3.05, 3.63) is 87.2 Å². The third-order valence-electron chi connectivity index (χ3n) is 6.08. The largest absolute Gasteiger partial charge is 0.352 e. The second-order valence-electron chi connectivity index (χ2n) is 7.32. The lowest BCUT2D eigenvalue weighted by Gasteiger charge is -2.34. The number of nitrogens with one attached hydrogen (secondary N) is 1. The Morgan fingerprint density at radius 3 is 2.26 bits per heavy atom. The smallest absolute Gasteiger partial charge is 0.257 e. The molecule has 0 spiro atoms. The van der Waals surface area contributed by atoms with Crippen molar-refractivity contribution in [2.24, 2.45) is 0 Å². The van der Waals surface area contributed by atoms with E-state index in [-0.39, 0.29) is 17.5 Å². The number of H-pyrrole nitrogens is 1. The highest BCUT2D eigenvalue weighted by Crippen LogP contribution is 2.63. The molecule has 2 bridgehead atoms. The Kier molecular flexibility index (Phi) is 3.19. The van der Waals surface area contributed by atoms with Gasteiger partial charge in [-0.3, -0.25) is 9.97 Å². The zero-order valence-electron chi connectivity index (χ0n) is 14.9. The molecule has 1 aromatic carbocycles. The molecular weight excluding hydrogens is 342 g/mol. The van der Waals surface area contributed by atoms with Gasteiger partial charge in [-0.2, -0.15) is 0 Å². The number of aromatic amines is 1. The van der Waals surface area contributed by atoms with Crippen LogP contribution in [-0.4, -0.2) is 24.3 Å². The van der Waals surface area contributed by atoms with Gasteiger partial charge in [0.1, 0.15) is 5.54 Å². The predicted molar refractivity (Wildman–Crippen MR) is 100 cm³/mol. The van der Waals surface area contributed by atoms with Crippen LogP contribution in [0.3, 0.4) is 0 Å². The van der Waals surface area contributed by atoms with E-state index in [0.29, 0.717) is 5.69 Å². The summed E-state index contributed by atoms with van der Waals surface area (Å²) in [4.78, 5) is 35.2. The molecule has 0 aliphatic heterocycles. The average molecular weight is 361 g/mol. The van der Waals surface area contributed by atoms with Crippen LogP contribution in [0, 0.1) is 0 Å². The Morgan fingerprint density at radius 1 is 1.11 bits per heavy atom. The maximum absolute atomic E-state index is 13.4. The molecule has 1 unspecified atom stereocenters. The summed E-state index contributed by atoms with van der Waals surface area (Å²) in [7, 11) is 0. The summed E-state index contributed by atoms with van der Waals surface area (Å²) >= 11 is 0. The van der Waals surface area contributed by atoms with Crippen LogP contribution in [-0.2, 0) is 5.54 Å². The molecule has 0 amide bonds. The van der Waals surface area contributed by atoms with E-state index in [0.717, 1.165) is 29.8 Å². The summed E-state index contributed by atoms with van der Waals surface area (Å²) in [6.45, 7) is 6.13. The van der Waals surface area contributed by atoms with Crippen molar-refractivity contribution in [1.29, 1.82) is 0 Å². The fraction of sp³-hybridized carbons (Fsp3) is 0.300. The first kappa shape index (κ1) is 16.0. The van der Waals surface area contributed by atoms with E-state index in [9.17, 15) is 9.59 Å². The third-order valence-corrected chi connectivity index (χ3v) is 6.08. The first-order valence-electron chi connectivity index (χ1n) is 9.03. The lowest BCUT2D eigenvalue weighted by Crippen LogP contribution is -2.45. The van der Waals surface area contributed by atoms with E-state index in [4.69, 9.17) is 0 Å². The van der Waals surface area contributed by atoms with Crippen molar-refractivity contribution in [2.45, 2.75) is 37.1 Å². The SMILES string of the molecule is C=C(C)C1(n2[nH]c(=O)n(-c3ccccc3)c2=O)[C@@H]2CC[C@H]1c1nccnc12. The van der Waals surface area contributed by atoms with Crippen molar-refractivity contribution in [1.82, 2.24) is 24.3 Å². The highest BCUT2D eigenvalue weighted by Gasteiger charge is 2.62. The van der Waals surface area contributed by atoms with Gasteiger partial charge in [0, 0.05) is 24.2 Å². The van der Waals surface area contributed by atoms with Crippen LogP contribution >= 0.6 is 0 Å². The number of allylic oxidation sites excluding steroid dienone is 1. The van der Waals surface area contributed by atoms with Crippen LogP contribution in [0.25, 0.3) is 5.69 Å². The molecule has 0 saturated heterocycles. The van der Waals surface area contributed by atoms with E-state index in [1.54, 1.807) is 36.7 Å². The minimum absolute atomic E-state index is 0.0244. The third kappa shape index (κ3) is 1.86. The highest BCUT2D eigenvalue weighted by atomic mass is 16.2.